The van der Waals surface area contributed by atoms with Crippen molar-refractivity contribution in [1.82, 2.24) is 20.1 Å². The highest BCUT2D eigenvalue weighted by Crippen LogP contribution is 2.33. The molecule has 0 aromatic carbocycles. The first-order valence-corrected chi connectivity index (χ1v) is 5.44. The molecule has 0 aliphatic rings. The maximum atomic E-state index is 5.16. The average molecular weight is 250 g/mol. The lowest BCUT2D eigenvalue weighted by atomic mass is 10.2. The van der Waals surface area contributed by atoms with Crippen LogP contribution in [0.2, 0.25) is 0 Å². The molecule has 0 fully saturated rings. The summed E-state index contributed by atoms with van der Waals surface area (Å²) >= 11 is 0. The van der Waals surface area contributed by atoms with Crippen LogP contribution in [0.1, 0.15) is 25.7 Å². The van der Waals surface area contributed by atoms with Gasteiger partial charge in [-0.2, -0.15) is 4.98 Å². The van der Waals surface area contributed by atoms with Gasteiger partial charge in [0.15, 0.2) is 0 Å². The van der Waals surface area contributed by atoms with Gasteiger partial charge >= 0.3 is 0 Å². The number of aromatic nitrogens is 4. The van der Waals surface area contributed by atoms with Gasteiger partial charge in [-0.3, -0.25) is 0 Å². The third-order valence-corrected chi connectivity index (χ3v) is 2.32. The molecule has 0 saturated heterocycles. The van der Waals surface area contributed by atoms with Gasteiger partial charge in [0.05, 0.1) is 14.2 Å². The van der Waals surface area contributed by atoms with Crippen LogP contribution in [0.25, 0.3) is 11.4 Å². The second kappa shape index (κ2) is 4.99. The van der Waals surface area contributed by atoms with E-state index >= 15 is 0 Å². The normalized spacial score (nSPS) is 10.7. The van der Waals surface area contributed by atoms with E-state index in [1.54, 1.807) is 0 Å². The van der Waals surface area contributed by atoms with E-state index in [9.17, 15) is 0 Å². The Morgan fingerprint density at radius 3 is 2.17 bits per heavy atom. The predicted octanol–water partition coefficient (Wildman–Crippen LogP) is 1.67. The van der Waals surface area contributed by atoms with Crippen LogP contribution in [0.3, 0.4) is 0 Å². The summed E-state index contributed by atoms with van der Waals surface area (Å²) in [5.41, 5.74) is 0.484. The summed E-state index contributed by atoms with van der Waals surface area (Å²) in [5, 5.41) is 3.90. The second-order valence-electron chi connectivity index (χ2n) is 3.88. The summed E-state index contributed by atoms with van der Waals surface area (Å²) in [4.78, 5) is 12.3. The molecule has 2 aromatic heterocycles. The van der Waals surface area contributed by atoms with Crippen molar-refractivity contribution in [3.63, 3.8) is 0 Å². The van der Waals surface area contributed by atoms with Gasteiger partial charge in [-0.05, 0) is 0 Å². The van der Waals surface area contributed by atoms with Crippen LogP contribution >= 0.6 is 0 Å². The number of rotatable bonds is 4. The van der Waals surface area contributed by atoms with Crippen molar-refractivity contribution in [1.29, 1.82) is 0 Å². The molecular formula is C11H14N4O3. The molecule has 0 atom stereocenters. The molecule has 18 heavy (non-hydrogen) atoms. The number of methoxy groups -OCH3 is 2. The smallest absolute Gasteiger partial charge is 0.231 e. The van der Waals surface area contributed by atoms with Crippen LogP contribution in [0, 0.1) is 0 Å². The van der Waals surface area contributed by atoms with Crippen molar-refractivity contribution in [3.05, 3.63) is 12.2 Å². The fraction of sp³-hybridized carbons (Fsp3) is 0.455. The Kier molecular flexibility index (Phi) is 3.40. The average Bonchev–Trinajstić information content (AvgIpc) is 2.87. The first-order valence-electron chi connectivity index (χ1n) is 5.44. The van der Waals surface area contributed by atoms with Gasteiger partial charge < -0.3 is 14.0 Å². The molecule has 2 rings (SSSR count). The van der Waals surface area contributed by atoms with E-state index in [2.05, 4.69) is 20.1 Å². The van der Waals surface area contributed by atoms with Gasteiger partial charge in [-0.15, -0.1) is 0 Å². The van der Waals surface area contributed by atoms with Crippen molar-refractivity contribution >= 4 is 0 Å². The summed E-state index contributed by atoms with van der Waals surface area (Å²) in [6, 6.07) is 0. The highest BCUT2D eigenvalue weighted by Gasteiger charge is 2.21. The molecule has 0 N–H and O–H groups in total. The first kappa shape index (κ1) is 12.3. The zero-order valence-electron chi connectivity index (χ0n) is 10.7. The highest BCUT2D eigenvalue weighted by atomic mass is 16.5. The Bertz CT molecular complexity index is 517. The molecule has 0 bridgehead atoms. The van der Waals surface area contributed by atoms with Crippen molar-refractivity contribution in [3.8, 4) is 23.1 Å². The Labute approximate surface area is 104 Å². The first-order chi connectivity index (χ1) is 8.67. The summed E-state index contributed by atoms with van der Waals surface area (Å²) in [6.07, 6.45) is 1.35. The van der Waals surface area contributed by atoms with E-state index in [1.165, 1.54) is 20.5 Å². The SMILES string of the molecule is COc1ncnc(OC)c1-c1noc(C(C)C)n1. The fourth-order valence-electron chi connectivity index (χ4n) is 1.43. The third-order valence-electron chi connectivity index (χ3n) is 2.32. The summed E-state index contributed by atoms with van der Waals surface area (Å²) in [5.74, 6) is 1.73. The zero-order chi connectivity index (χ0) is 13.1. The highest BCUT2D eigenvalue weighted by molar-refractivity contribution is 5.66. The van der Waals surface area contributed by atoms with Gasteiger partial charge in [0.2, 0.25) is 23.5 Å². The topological polar surface area (TPSA) is 83.2 Å². The lowest BCUT2D eigenvalue weighted by Gasteiger charge is -2.06. The molecule has 0 radical (unpaired) electrons. The number of nitrogens with zero attached hydrogens (tertiary/aromatic N) is 4. The Balaban J connectivity index is 2.54. The third kappa shape index (κ3) is 2.11. The molecule has 2 aromatic rings. The van der Waals surface area contributed by atoms with Crippen molar-refractivity contribution in [2.24, 2.45) is 0 Å². The molecule has 0 aliphatic heterocycles. The van der Waals surface area contributed by atoms with E-state index in [1.807, 2.05) is 13.8 Å². The zero-order valence-corrected chi connectivity index (χ0v) is 10.7. The fourth-order valence-corrected chi connectivity index (χ4v) is 1.43. The standard InChI is InChI=1S/C11H14N4O3/c1-6(2)9-14-8(15-18-9)7-10(16-3)12-5-13-11(7)17-4/h5-6H,1-4H3. The van der Waals surface area contributed by atoms with Gasteiger partial charge in [-0.25, -0.2) is 9.97 Å². The van der Waals surface area contributed by atoms with E-state index < -0.39 is 0 Å². The van der Waals surface area contributed by atoms with E-state index in [4.69, 9.17) is 14.0 Å². The van der Waals surface area contributed by atoms with Crippen LogP contribution in [-0.4, -0.2) is 34.3 Å². The molecule has 0 unspecified atom stereocenters. The summed E-state index contributed by atoms with van der Waals surface area (Å²) in [7, 11) is 3.02. The minimum Gasteiger partial charge on any atom is -0.480 e. The lowest BCUT2D eigenvalue weighted by Crippen LogP contribution is -1.99. The lowest BCUT2D eigenvalue weighted by molar-refractivity contribution is 0.361. The minimum absolute atomic E-state index is 0.146. The number of hydrogen-bond donors (Lipinski definition) is 0. The largest absolute Gasteiger partial charge is 0.480 e. The minimum atomic E-state index is 0.146. The van der Waals surface area contributed by atoms with Gasteiger partial charge in [0, 0.05) is 5.92 Å². The molecule has 0 saturated carbocycles. The van der Waals surface area contributed by atoms with Gasteiger partial charge in [0.25, 0.3) is 0 Å². The van der Waals surface area contributed by atoms with Crippen molar-refractivity contribution < 1.29 is 14.0 Å². The van der Waals surface area contributed by atoms with Crippen molar-refractivity contribution in [2.45, 2.75) is 19.8 Å². The molecule has 0 spiro atoms. The van der Waals surface area contributed by atoms with Crippen LogP contribution < -0.4 is 9.47 Å². The van der Waals surface area contributed by atoms with Crippen molar-refractivity contribution in [2.75, 3.05) is 14.2 Å². The Morgan fingerprint density at radius 1 is 1.11 bits per heavy atom. The second-order valence-corrected chi connectivity index (χ2v) is 3.88. The van der Waals surface area contributed by atoms with Gasteiger partial charge in [-0.1, -0.05) is 19.0 Å². The molecule has 0 amide bonds. The quantitative estimate of drug-likeness (QED) is 0.815. The monoisotopic (exact) mass is 250 g/mol. The van der Waals surface area contributed by atoms with E-state index in [0.29, 0.717) is 29.0 Å². The van der Waals surface area contributed by atoms with E-state index in [-0.39, 0.29) is 5.92 Å². The van der Waals surface area contributed by atoms with Gasteiger partial charge in [0.1, 0.15) is 11.9 Å². The predicted molar refractivity (Wildman–Crippen MR) is 62.5 cm³/mol. The molecule has 7 heteroatoms. The maximum absolute atomic E-state index is 5.16. The number of hydrogen-bond acceptors (Lipinski definition) is 7. The van der Waals surface area contributed by atoms with Crippen LogP contribution in [0.4, 0.5) is 0 Å². The Morgan fingerprint density at radius 2 is 1.72 bits per heavy atom. The van der Waals surface area contributed by atoms with Crippen LogP contribution in [0.15, 0.2) is 10.9 Å². The summed E-state index contributed by atoms with van der Waals surface area (Å²) < 4.78 is 15.5. The maximum Gasteiger partial charge on any atom is 0.231 e. The Hall–Kier alpha value is -2.18. The van der Waals surface area contributed by atoms with Crippen LogP contribution in [-0.2, 0) is 0 Å². The molecular weight excluding hydrogens is 236 g/mol. The molecule has 0 aliphatic carbocycles. The molecule has 7 nitrogen and oxygen atoms in total. The molecule has 2 heterocycles. The number of ether oxygens (including phenoxy) is 2. The van der Waals surface area contributed by atoms with E-state index in [0.717, 1.165) is 0 Å². The molecule has 96 valence electrons. The summed E-state index contributed by atoms with van der Waals surface area (Å²) in [6.45, 7) is 3.93. The van der Waals surface area contributed by atoms with Crippen LogP contribution in [0.5, 0.6) is 11.8 Å².